The molecule has 3 N–H and O–H groups in total. The van der Waals surface area contributed by atoms with Crippen LogP contribution in [0.25, 0.3) is 0 Å². The number of hydrogen-bond acceptors (Lipinski definition) is 5. The molecule has 0 aliphatic heterocycles. The van der Waals surface area contributed by atoms with Crippen molar-refractivity contribution >= 4 is 43.0 Å². The molecule has 132 valence electrons. The van der Waals surface area contributed by atoms with Gasteiger partial charge in [-0.25, -0.2) is 16.8 Å². The Hall–Kier alpha value is -1.81. The van der Waals surface area contributed by atoms with E-state index in [4.69, 9.17) is 0 Å². The smallest absolute Gasteiger partial charge is 0.235 e. The molecule has 0 aromatic heterocycles. The summed E-state index contributed by atoms with van der Waals surface area (Å²) in [6, 6.07) is 4.32. The van der Waals surface area contributed by atoms with Crippen LogP contribution in [0.4, 0.5) is 17.1 Å². The molecule has 0 unspecified atom stereocenters. The van der Waals surface area contributed by atoms with E-state index in [1.54, 1.807) is 0 Å². The van der Waals surface area contributed by atoms with E-state index in [-0.39, 0.29) is 17.3 Å². The summed E-state index contributed by atoms with van der Waals surface area (Å²) in [5, 5.41) is 1.72. The van der Waals surface area contributed by atoms with Crippen LogP contribution in [0, 0.1) is 0 Å². The van der Waals surface area contributed by atoms with Crippen molar-refractivity contribution in [3.05, 3.63) is 18.2 Å². The minimum Gasteiger partial charge on any atom is -0.326 e. The lowest BCUT2D eigenvalue weighted by molar-refractivity contribution is -0.114. The summed E-state index contributed by atoms with van der Waals surface area (Å²) >= 11 is 0. The minimum atomic E-state index is -3.49. The fraction of sp³-hybridized carbons (Fsp3) is 0.500. The normalized spacial score (nSPS) is 18.0. The maximum Gasteiger partial charge on any atom is 0.235 e. The predicted octanol–water partition coefficient (Wildman–Crippen LogP) is 1.45. The van der Waals surface area contributed by atoms with Crippen LogP contribution in [0.5, 0.6) is 0 Å². The fourth-order valence-corrected chi connectivity index (χ4v) is 5.01. The van der Waals surface area contributed by atoms with Crippen molar-refractivity contribution in [1.82, 2.24) is 0 Å². The molecule has 1 aromatic carbocycles. The van der Waals surface area contributed by atoms with Gasteiger partial charge in [-0.3, -0.25) is 14.2 Å². The molecule has 3 rings (SSSR count). The minimum absolute atomic E-state index is 0.210. The number of benzene rings is 1. The van der Waals surface area contributed by atoms with E-state index in [0.717, 1.165) is 0 Å². The van der Waals surface area contributed by atoms with E-state index in [1.165, 1.54) is 25.1 Å². The van der Waals surface area contributed by atoms with Gasteiger partial charge in [-0.1, -0.05) is 0 Å². The number of rotatable bonds is 7. The number of hydrogen-bond donors (Lipinski definition) is 3. The molecule has 2 aliphatic carbocycles. The number of nitrogens with one attached hydrogen (secondary N) is 3. The number of carbonyl (C=O) groups excluding carboxylic acids is 1. The molecule has 1 aromatic rings. The number of anilines is 3. The molecule has 0 bridgehead atoms. The van der Waals surface area contributed by atoms with Crippen LogP contribution >= 0.6 is 0 Å². The maximum atomic E-state index is 12.1. The van der Waals surface area contributed by atoms with E-state index < -0.39 is 30.5 Å². The van der Waals surface area contributed by atoms with Gasteiger partial charge in [-0.2, -0.15) is 0 Å². The third-order valence-corrected chi connectivity index (χ3v) is 7.44. The average Bonchev–Trinajstić information content (AvgIpc) is 3.26. The lowest BCUT2D eigenvalue weighted by atomic mass is 10.2. The lowest BCUT2D eigenvalue weighted by Crippen LogP contribution is -2.19. The van der Waals surface area contributed by atoms with Crippen molar-refractivity contribution in [2.45, 2.75) is 43.1 Å². The molecule has 2 saturated carbocycles. The Morgan fingerprint density at radius 3 is 1.54 bits per heavy atom. The third kappa shape index (κ3) is 4.18. The van der Waals surface area contributed by atoms with Gasteiger partial charge >= 0.3 is 0 Å². The SMILES string of the molecule is CC(=O)Nc1cc(NS(=O)(=O)C2CC2)cc(NS(=O)(=O)C2CC2)c1. The fourth-order valence-electron chi connectivity index (χ4n) is 2.27. The van der Waals surface area contributed by atoms with Gasteiger partial charge in [0.2, 0.25) is 26.0 Å². The van der Waals surface area contributed by atoms with Gasteiger partial charge in [0.1, 0.15) is 0 Å². The molecule has 0 spiro atoms. The Labute approximate surface area is 141 Å². The number of sulfonamides is 2. The second kappa shape index (κ2) is 5.92. The summed E-state index contributed by atoms with van der Waals surface area (Å²) in [5.74, 6) is -0.340. The standard InChI is InChI=1S/C14H19N3O5S2/c1-9(18)15-10-6-11(16-23(19,20)13-2-3-13)8-12(7-10)17-24(21,22)14-4-5-14/h6-8,13-14,16-17H,2-5H2,1H3,(H,15,18). The average molecular weight is 373 g/mol. The van der Waals surface area contributed by atoms with Crippen molar-refractivity contribution < 1.29 is 21.6 Å². The second-order valence-electron chi connectivity index (χ2n) is 6.17. The predicted molar refractivity (Wildman–Crippen MR) is 91.9 cm³/mol. The van der Waals surface area contributed by atoms with Gasteiger partial charge in [0.25, 0.3) is 0 Å². The zero-order valence-corrected chi connectivity index (χ0v) is 14.7. The third-order valence-electron chi connectivity index (χ3n) is 3.70. The number of amides is 1. The highest BCUT2D eigenvalue weighted by molar-refractivity contribution is 7.93. The van der Waals surface area contributed by atoms with Crippen LogP contribution in [0.2, 0.25) is 0 Å². The quantitative estimate of drug-likeness (QED) is 0.668. The summed E-state index contributed by atoms with van der Waals surface area (Å²) in [6.07, 6.45) is 2.45. The Morgan fingerprint density at radius 2 is 1.21 bits per heavy atom. The zero-order valence-electron chi connectivity index (χ0n) is 13.1. The first-order valence-electron chi connectivity index (χ1n) is 7.62. The lowest BCUT2D eigenvalue weighted by Gasteiger charge is -2.13. The van der Waals surface area contributed by atoms with Crippen LogP contribution in [0.3, 0.4) is 0 Å². The van der Waals surface area contributed by atoms with Crippen LogP contribution < -0.4 is 14.8 Å². The van der Waals surface area contributed by atoms with Crippen molar-refractivity contribution in [2.75, 3.05) is 14.8 Å². The highest BCUT2D eigenvalue weighted by Gasteiger charge is 2.37. The topological polar surface area (TPSA) is 121 Å². The monoisotopic (exact) mass is 373 g/mol. The first-order chi connectivity index (χ1) is 11.2. The summed E-state index contributed by atoms with van der Waals surface area (Å²) in [7, 11) is -6.98. The zero-order chi connectivity index (χ0) is 17.5. The second-order valence-corrected chi connectivity index (χ2v) is 10.1. The van der Waals surface area contributed by atoms with Crippen LogP contribution in [-0.4, -0.2) is 33.2 Å². The van der Waals surface area contributed by atoms with Crippen molar-refractivity contribution in [3.8, 4) is 0 Å². The Kier molecular flexibility index (Phi) is 4.20. The molecular formula is C14H19N3O5S2. The highest BCUT2D eigenvalue weighted by Crippen LogP contribution is 2.33. The molecule has 8 nitrogen and oxygen atoms in total. The van der Waals surface area contributed by atoms with Crippen LogP contribution in [0.15, 0.2) is 18.2 Å². The molecule has 2 aliphatic rings. The molecule has 10 heteroatoms. The van der Waals surface area contributed by atoms with Crippen molar-refractivity contribution in [1.29, 1.82) is 0 Å². The van der Waals surface area contributed by atoms with E-state index in [2.05, 4.69) is 14.8 Å². The van der Waals surface area contributed by atoms with E-state index in [9.17, 15) is 21.6 Å². The van der Waals surface area contributed by atoms with Crippen molar-refractivity contribution in [3.63, 3.8) is 0 Å². The molecule has 1 amide bonds. The first kappa shape index (κ1) is 17.0. The number of carbonyl (C=O) groups is 1. The Bertz CT molecular complexity index is 809. The van der Waals surface area contributed by atoms with Gasteiger partial charge in [-0.15, -0.1) is 0 Å². The van der Waals surface area contributed by atoms with Crippen LogP contribution in [-0.2, 0) is 24.8 Å². The highest BCUT2D eigenvalue weighted by atomic mass is 32.2. The molecule has 0 heterocycles. The Balaban J connectivity index is 1.89. The van der Waals surface area contributed by atoms with Crippen LogP contribution in [0.1, 0.15) is 32.6 Å². The van der Waals surface area contributed by atoms with Gasteiger partial charge in [0.15, 0.2) is 0 Å². The maximum absolute atomic E-state index is 12.1. The van der Waals surface area contributed by atoms with E-state index >= 15 is 0 Å². The first-order valence-corrected chi connectivity index (χ1v) is 10.7. The van der Waals surface area contributed by atoms with Gasteiger partial charge < -0.3 is 5.32 Å². The molecule has 24 heavy (non-hydrogen) atoms. The van der Waals surface area contributed by atoms with E-state index in [0.29, 0.717) is 31.4 Å². The summed E-state index contributed by atoms with van der Waals surface area (Å²) in [6.45, 7) is 1.31. The Morgan fingerprint density at radius 1 is 0.833 bits per heavy atom. The summed E-state index contributed by atoms with van der Waals surface area (Å²) in [5.41, 5.74) is 0.732. The van der Waals surface area contributed by atoms with E-state index in [1.807, 2.05) is 0 Å². The largest absolute Gasteiger partial charge is 0.326 e. The summed E-state index contributed by atoms with van der Waals surface area (Å²) in [4.78, 5) is 11.3. The molecule has 0 radical (unpaired) electrons. The molecule has 0 saturated heterocycles. The van der Waals surface area contributed by atoms with Gasteiger partial charge in [-0.05, 0) is 43.9 Å². The molecule has 2 fully saturated rings. The summed E-state index contributed by atoms with van der Waals surface area (Å²) < 4.78 is 53.2. The molecular weight excluding hydrogens is 354 g/mol. The molecule has 0 atom stereocenters. The van der Waals surface area contributed by atoms with Gasteiger partial charge in [0.05, 0.1) is 21.9 Å². The van der Waals surface area contributed by atoms with Gasteiger partial charge in [0, 0.05) is 12.6 Å². The van der Waals surface area contributed by atoms with Crippen molar-refractivity contribution in [2.24, 2.45) is 0 Å².